The Bertz CT molecular complexity index is 196. The Morgan fingerprint density at radius 2 is 1.93 bits per heavy atom. The van der Waals surface area contributed by atoms with Crippen LogP contribution in [0, 0.1) is 0 Å². The molecule has 0 aromatic rings. The fourth-order valence-corrected chi connectivity index (χ4v) is 1.09. The van der Waals surface area contributed by atoms with Crippen LogP contribution in [0.4, 0.5) is 0 Å². The van der Waals surface area contributed by atoms with E-state index in [1.807, 2.05) is 0 Å². The summed E-state index contributed by atoms with van der Waals surface area (Å²) in [4.78, 5) is 10.2. The maximum Gasteiger partial charge on any atom is 0.370 e. The molecule has 0 spiro atoms. The first-order chi connectivity index (χ1) is 6.54. The molecule has 1 unspecified atom stereocenters. The number of carboxylic acid groups (broad SMARTS) is 1. The van der Waals surface area contributed by atoms with Crippen LogP contribution in [-0.2, 0) is 4.79 Å². The summed E-state index contributed by atoms with van der Waals surface area (Å²) in [5.74, 6) is -1.87. The molecular formula is C10H18O4. The van der Waals surface area contributed by atoms with Crippen molar-refractivity contribution in [3.63, 3.8) is 0 Å². The lowest BCUT2D eigenvalue weighted by Gasteiger charge is -2.02. The van der Waals surface area contributed by atoms with Gasteiger partial charge in [0.2, 0.25) is 0 Å². The maximum atomic E-state index is 10.2. The lowest BCUT2D eigenvalue weighted by molar-refractivity contribution is -0.135. The summed E-state index contributed by atoms with van der Waals surface area (Å²) in [6.07, 6.45) is 5.09. The largest absolute Gasteiger partial charge is 0.502 e. The Balaban J connectivity index is 3.38. The van der Waals surface area contributed by atoms with Crippen molar-refractivity contribution in [2.45, 2.75) is 45.1 Å². The highest BCUT2D eigenvalue weighted by molar-refractivity contribution is 5.83. The van der Waals surface area contributed by atoms with Crippen molar-refractivity contribution in [2.75, 3.05) is 0 Å². The van der Waals surface area contributed by atoms with Crippen LogP contribution < -0.4 is 0 Å². The van der Waals surface area contributed by atoms with Crippen LogP contribution >= 0.6 is 0 Å². The molecule has 0 aliphatic rings. The summed E-state index contributed by atoms with van der Waals surface area (Å²) in [5.41, 5.74) is 0. The van der Waals surface area contributed by atoms with E-state index < -0.39 is 11.7 Å². The van der Waals surface area contributed by atoms with Crippen molar-refractivity contribution < 1.29 is 20.1 Å². The summed E-state index contributed by atoms with van der Waals surface area (Å²) in [5, 5.41) is 26.0. The number of hydrogen-bond acceptors (Lipinski definition) is 3. The van der Waals surface area contributed by atoms with Crippen molar-refractivity contribution in [2.24, 2.45) is 0 Å². The molecular weight excluding hydrogens is 184 g/mol. The molecule has 0 heterocycles. The van der Waals surface area contributed by atoms with E-state index in [-0.39, 0.29) is 6.10 Å². The standard InChI is InChI=1S/C10H18O4/c1-8(11)6-4-2-3-5-7-9(12)10(13)14/h7-8,11-12H,2-6H2,1H3,(H,13,14). The van der Waals surface area contributed by atoms with Crippen LogP contribution in [0.15, 0.2) is 11.8 Å². The van der Waals surface area contributed by atoms with Gasteiger partial charge >= 0.3 is 5.97 Å². The van der Waals surface area contributed by atoms with Gasteiger partial charge in [0.05, 0.1) is 6.10 Å². The molecule has 0 aromatic carbocycles. The van der Waals surface area contributed by atoms with E-state index in [2.05, 4.69) is 0 Å². The molecule has 1 atom stereocenters. The predicted octanol–water partition coefficient (Wildman–Crippen LogP) is 1.84. The van der Waals surface area contributed by atoms with Crippen LogP contribution in [0.1, 0.15) is 39.0 Å². The highest BCUT2D eigenvalue weighted by atomic mass is 16.4. The van der Waals surface area contributed by atoms with Crippen LogP contribution in [0.25, 0.3) is 0 Å². The fraction of sp³-hybridized carbons (Fsp3) is 0.700. The van der Waals surface area contributed by atoms with E-state index in [1.54, 1.807) is 6.92 Å². The minimum Gasteiger partial charge on any atom is -0.502 e. The summed E-state index contributed by atoms with van der Waals surface area (Å²) in [7, 11) is 0. The molecule has 0 radical (unpaired) electrons. The Morgan fingerprint density at radius 3 is 2.43 bits per heavy atom. The third kappa shape index (κ3) is 7.61. The molecule has 4 heteroatoms. The van der Waals surface area contributed by atoms with Gasteiger partial charge < -0.3 is 15.3 Å². The quantitative estimate of drug-likeness (QED) is 0.334. The van der Waals surface area contributed by atoms with Crippen LogP contribution in [0.2, 0.25) is 0 Å². The maximum absolute atomic E-state index is 10.2. The molecule has 0 fully saturated rings. The fourth-order valence-electron chi connectivity index (χ4n) is 1.09. The number of aliphatic hydroxyl groups excluding tert-OH is 2. The molecule has 82 valence electrons. The first-order valence-corrected chi connectivity index (χ1v) is 4.84. The molecule has 0 bridgehead atoms. The second kappa shape index (κ2) is 7.38. The van der Waals surface area contributed by atoms with Crippen molar-refractivity contribution in [3.8, 4) is 0 Å². The van der Waals surface area contributed by atoms with Gasteiger partial charge in [0, 0.05) is 0 Å². The van der Waals surface area contributed by atoms with E-state index in [9.17, 15) is 4.79 Å². The van der Waals surface area contributed by atoms with Crippen molar-refractivity contribution in [1.29, 1.82) is 0 Å². The number of rotatable bonds is 7. The van der Waals surface area contributed by atoms with Gasteiger partial charge in [-0.15, -0.1) is 0 Å². The van der Waals surface area contributed by atoms with Crippen LogP contribution in [0.3, 0.4) is 0 Å². The highest BCUT2D eigenvalue weighted by Crippen LogP contribution is 2.06. The molecule has 14 heavy (non-hydrogen) atoms. The third-order valence-corrected chi connectivity index (χ3v) is 1.88. The predicted molar refractivity (Wildman–Crippen MR) is 53.1 cm³/mol. The Labute approximate surface area is 83.9 Å². The molecule has 3 N–H and O–H groups in total. The molecule has 0 aromatic heterocycles. The summed E-state index contributed by atoms with van der Waals surface area (Å²) in [6, 6.07) is 0. The number of unbranched alkanes of at least 4 members (excludes halogenated alkanes) is 3. The lowest BCUT2D eigenvalue weighted by atomic mass is 10.1. The Hall–Kier alpha value is -1.03. The summed E-state index contributed by atoms with van der Waals surface area (Å²) < 4.78 is 0. The van der Waals surface area contributed by atoms with Crippen LogP contribution in [0.5, 0.6) is 0 Å². The van der Waals surface area contributed by atoms with E-state index in [4.69, 9.17) is 15.3 Å². The molecule has 0 rings (SSSR count). The van der Waals surface area contributed by atoms with Crippen LogP contribution in [-0.4, -0.2) is 27.4 Å². The smallest absolute Gasteiger partial charge is 0.370 e. The first-order valence-electron chi connectivity index (χ1n) is 4.84. The number of hydrogen-bond donors (Lipinski definition) is 3. The molecule has 0 amide bonds. The van der Waals surface area contributed by atoms with Gasteiger partial charge in [-0.3, -0.25) is 0 Å². The van der Waals surface area contributed by atoms with Gasteiger partial charge in [0.15, 0.2) is 5.76 Å². The highest BCUT2D eigenvalue weighted by Gasteiger charge is 2.01. The minimum atomic E-state index is -1.28. The first kappa shape index (κ1) is 13.0. The van der Waals surface area contributed by atoms with Gasteiger partial charge in [-0.2, -0.15) is 0 Å². The third-order valence-electron chi connectivity index (χ3n) is 1.88. The zero-order valence-electron chi connectivity index (χ0n) is 8.44. The Kier molecular flexibility index (Phi) is 6.84. The zero-order chi connectivity index (χ0) is 11.0. The van der Waals surface area contributed by atoms with E-state index >= 15 is 0 Å². The van der Waals surface area contributed by atoms with Gasteiger partial charge in [-0.1, -0.05) is 12.8 Å². The number of aliphatic hydroxyl groups is 2. The van der Waals surface area contributed by atoms with E-state index in [0.29, 0.717) is 6.42 Å². The Morgan fingerprint density at radius 1 is 1.29 bits per heavy atom. The average molecular weight is 202 g/mol. The lowest BCUT2D eigenvalue weighted by Crippen LogP contribution is -1.99. The van der Waals surface area contributed by atoms with Gasteiger partial charge in [0.1, 0.15) is 0 Å². The summed E-state index contributed by atoms with van der Waals surface area (Å²) >= 11 is 0. The normalized spacial score (nSPS) is 14.0. The number of allylic oxidation sites excluding steroid dienone is 1. The van der Waals surface area contributed by atoms with Crippen molar-refractivity contribution >= 4 is 5.97 Å². The van der Waals surface area contributed by atoms with Gasteiger partial charge in [-0.25, -0.2) is 4.79 Å². The van der Waals surface area contributed by atoms with E-state index in [0.717, 1.165) is 25.7 Å². The number of carbonyl (C=O) groups is 1. The SMILES string of the molecule is CC(O)CCCCCC=C(O)C(=O)O. The second-order valence-corrected chi connectivity index (χ2v) is 3.38. The van der Waals surface area contributed by atoms with E-state index in [1.165, 1.54) is 6.08 Å². The molecule has 0 aliphatic carbocycles. The zero-order valence-corrected chi connectivity index (χ0v) is 8.44. The minimum absolute atomic E-state index is 0.266. The molecule has 0 saturated heterocycles. The topological polar surface area (TPSA) is 77.8 Å². The van der Waals surface area contributed by atoms with Gasteiger partial charge in [0.25, 0.3) is 0 Å². The molecule has 0 saturated carbocycles. The number of carboxylic acids is 1. The van der Waals surface area contributed by atoms with Gasteiger partial charge in [-0.05, 0) is 32.3 Å². The monoisotopic (exact) mass is 202 g/mol. The average Bonchev–Trinajstić information content (AvgIpc) is 2.09. The van der Waals surface area contributed by atoms with Crippen molar-refractivity contribution in [3.05, 3.63) is 11.8 Å². The molecule has 4 nitrogen and oxygen atoms in total. The second-order valence-electron chi connectivity index (χ2n) is 3.38. The number of aliphatic carboxylic acids is 1. The molecule has 0 aliphatic heterocycles. The van der Waals surface area contributed by atoms with Crippen molar-refractivity contribution in [1.82, 2.24) is 0 Å². The summed E-state index contributed by atoms with van der Waals surface area (Å²) in [6.45, 7) is 1.75.